The normalized spacial score (nSPS) is 11.2. The molecule has 0 radical (unpaired) electrons. The van der Waals surface area contributed by atoms with Crippen LogP contribution in [0.5, 0.6) is 0 Å². The fraction of sp³-hybridized carbons (Fsp3) is 0.0714. The van der Waals surface area contributed by atoms with Gasteiger partial charge in [-0.3, -0.25) is 4.79 Å². The average molecular weight is 436 g/mol. The Labute approximate surface area is 141 Å². The molecule has 1 amide bonds. The van der Waals surface area contributed by atoms with Crippen molar-refractivity contribution in [3.63, 3.8) is 0 Å². The highest BCUT2D eigenvalue weighted by Crippen LogP contribution is 2.22. The molecule has 0 aliphatic heterocycles. The number of sulfone groups is 1. The number of benzene rings is 2. The molecule has 0 aliphatic carbocycles. The standard InChI is InChI=1S/C14H11ClINO3S/c1-21(19,20)11-5-6-13(15)12(8-11)14(18)17-10-4-2-3-9(16)7-10/h2-8H,1H3,(H,17,18). The minimum Gasteiger partial charge on any atom is -0.322 e. The van der Waals surface area contributed by atoms with E-state index in [1.54, 1.807) is 12.1 Å². The van der Waals surface area contributed by atoms with Crippen molar-refractivity contribution >= 4 is 55.6 Å². The molecule has 0 atom stereocenters. The fourth-order valence-electron chi connectivity index (χ4n) is 1.67. The molecule has 21 heavy (non-hydrogen) atoms. The lowest BCUT2D eigenvalue weighted by molar-refractivity contribution is 0.102. The van der Waals surface area contributed by atoms with Crippen molar-refractivity contribution in [2.75, 3.05) is 11.6 Å². The number of halogens is 2. The molecule has 0 bridgehead atoms. The lowest BCUT2D eigenvalue weighted by Crippen LogP contribution is -2.13. The number of hydrogen-bond donors (Lipinski definition) is 1. The summed E-state index contributed by atoms with van der Waals surface area (Å²) in [6.07, 6.45) is 1.08. The lowest BCUT2D eigenvalue weighted by Gasteiger charge is -2.08. The average Bonchev–Trinajstić information content (AvgIpc) is 2.37. The second kappa shape index (κ2) is 6.33. The number of amides is 1. The number of nitrogens with one attached hydrogen (secondary N) is 1. The molecule has 4 nitrogen and oxygen atoms in total. The maximum Gasteiger partial charge on any atom is 0.257 e. The summed E-state index contributed by atoms with van der Waals surface area (Å²) in [5.41, 5.74) is 0.742. The van der Waals surface area contributed by atoms with Gasteiger partial charge in [-0.15, -0.1) is 0 Å². The van der Waals surface area contributed by atoms with Gasteiger partial charge in [0.1, 0.15) is 0 Å². The van der Waals surface area contributed by atoms with Gasteiger partial charge in [-0.2, -0.15) is 0 Å². The molecule has 0 aromatic heterocycles. The molecular weight excluding hydrogens is 425 g/mol. The van der Waals surface area contributed by atoms with Crippen molar-refractivity contribution in [1.29, 1.82) is 0 Å². The zero-order valence-electron chi connectivity index (χ0n) is 10.9. The van der Waals surface area contributed by atoms with E-state index in [4.69, 9.17) is 11.6 Å². The predicted octanol–water partition coefficient (Wildman–Crippen LogP) is 3.60. The van der Waals surface area contributed by atoms with Crippen LogP contribution in [0.3, 0.4) is 0 Å². The SMILES string of the molecule is CS(=O)(=O)c1ccc(Cl)c(C(=O)Nc2cccc(I)c2)c1. The molecular formula is C14H11ClINO3S. The second-order valence-corrected chi connectivity index (χ2v) is 8.05. The van der Waals surface area contributed by atoms with Crippen LogP contribution in [0, 0.1) is 3.57 Å². The molecule has 0 aliphatic rings. The smallest absolute Gasteiger partial charge is 0.257 e. The van der Waals surface area contributed by atoms with Gasteiger partial charge in [0, 0.05) is 15.5 Å². The van der Waals surface area contributed by atoms with Crippen LogP contribution in [-0.4, -0.2) is 20.6 Å². The Balaban J connectivity index is 2.35. The summed E-state index contributed by atoms with van der Waals surface area (Å²) < 4.78 is 24.1. The molecule has 0 saturated heterocycles. The van der Waals surface area contributed by atoms with Crippen LogP contribution in [-0.2, 0) is 9.84 Å². The molecule has 110 valence electrons. The van der Waals surface area contributed by atoms with E-state index in [1.807, 2.05) is 12.1 Å². The van der Waals surface area contributed by atoms with Gasteiger partial charge in [0.25, 0.3) is 5.91 Å². The summed E-state index contributed by atoms with van der Waals surface area (Å²) in [5.74, 6) is -0.451. The Morgan fingerprint density at radius 1 is 1.19 bits per heavy atom. The molecule has 2 rings (SSSR count). The van der Waals surface area contributed by atoms with E-state index in [9.17, 15) is 13.2 Å². The quantitative estimate of drug-likeness (QED) is 0.749. The highest BCUT2D eigenvalue weighted by Gasteiger charge is 2.15. The molecule has 0 fully saturated rings. The highest BCUT2D eigenvalue weighted by molar-refractivity contribution is 14.1. The van der Waals surface area contributed by atoms with Crippen LogP contribution in [0.1, 0.15) is 10.4 Å². The number of anilines is 1. The van der Waals surface area contributed by atoms with Gasteiger partial charge in [-0.25, -0.2) is 8.42 Å². The third kappa shape index (κ3) is 4.18. The predicted molar refractivity (Wildman–Crippen MR) is 91.7 cm³/mol. The minimum atomic E-state index is -3.40. The van der Waals surface area contributed by atoms with Crippen LogP contribution < -0.4 is 5.32 Å². The van der Waals surface area contributed by atoms with Crippen LogP contribution in [0.2, 0.25) is 5.02 Å². The lowest BCUT2D eigenvalue weighted by atomic mass is 10.2. The van der Waals surface area contributed by atoms with E-state index >= 15 is 0 Å². The maximum absolute atomic E-state index is 12.2. The summed E-state index contributed by atoms with van der Waals surface area (Å²) in [6, 6.07) is 11.3. The Morgan fingerprint density at radius 2 is 1.90 bits per heavy atom. The van der Waals surface area contributed by atoms with Crippen molar-refractivity contribution < 1.29 is 13.2 Å². The zero-order chi connectivity index (χ0) is 15.6. The van der Waals surface area contributed by atoms with Crippen LogP contribution in [0.15, 0.2) is 47.4 Å². The first kappa shape index (κ1) is 16.3. The van der Waals surface area contributed by atoms with E-state index in [1.165, 1.54) is 18.2 Å². The molecule has 0 saturated carbocycles. The monoisotopic (exact) mass is 435 g/mol. The van der Waals surface area contributed by atoms with Crippen molar-refractivity contribution in [3.8, 4) is 0 Å². The number of carbonyl (C=O) groups is 1. The number of rotatable bonds is 3. The summed E-state index contributed by atoms with van der Waals surface area (Å²) in [7, 11) is -3.40. The topological polar surface area (TPSA) is 63.2 Å². The van der Waals surface area contributed by atoms with Crippen molar-refractivity contribution in [1.82, 2.24) is 0 Å². The summed E-state index contributed by atoms with van der Waals surface area (Å²) in [6.45, 7) is 0. The summed E-state index contributed by atoms with van der Waals surface area (Å²) >= 11 is 8.11. The molecule has 7 heteroatoms. The highest BCUT2D eigenvalue weighted by atomic mass is 127. The van der Waals surface area contributed by atoms with Gasteiger partial charge >= 0.3 is 0 Å². The van der Waals surface area contributed by atoms with Crippen LogP contribution >= 0.6 is 34.2 Å². The Morgan fingerprint density at radius 3 is 2.52 bits per heavy atom. The first-order valence-corrected chi connectivity index (χ1v) is 9.19. The van der Waals surface area contributed by atoms with E-state index in [0.29, 0.717) is 5.69 Å². The second-order valence-electron chi connectivity index (χ2n) is 4.38. The van der Waals surface area contributed by atoms with E-state index in [0.717, 1.165) is 9.83 Å². The van der Waals surface area contributed by atoms with E-state index < -0.39 is 15.7 Å². The molecule has 0 heterocycles. The Hall–Kier alpha value is -1.12. The molecule has 2 aromatic rings. The largest absolute Gasteiger partial charge is 0.322 e. The van der Waals surface area contributed by atoms with Gasteiger partial charge in [0.05, 0.1) is 15.5 Å². The maximum atomic E-state index is 12.2. The Bertz CT molecular complexity index is 806. The number of carbonyl (C=O) groups excluding carboxylic acids is 1. The molecule has 1 N–H and O–H groups in total. The van der Waals surface area contributed by atoms with Gasteiger partial charge in [0.2, 0.25) is 0 Å². The molecule has 2 aromatic carbocycles. The van der Waals surface area contributed by atoms with Crippen molar-refractivity contribution in [2.24, 2.45) is 0 Å². The van der Waals surface area contributed by atoms with Gasteiger partial charge in [0.15, 0.2) is 9.84 Å². The molecule has 0 unspecified atom stereocenters. The first-order valence-electron chi connectivity index (χ1n) is 5.84. The van der Waals surface area contributed by atoms with Crippen LogP contribution in [0.4, 0.5) is 5.69 Å². The molecule has 0 spiro atoms. The van der Waals surface area contributed by atoms with E-state index in [2.05, 4.69) is 27.9 Å². The third-order valence-corrected chi connectivity index (χ3v) is 4.80. The number of hydrogen-bond acceptors (Lipinski definition) is 3. The van der Waals surface area contributed by atoms with Crippen LogP contribution in [0.25, 0.3) is 0 Å². The van der Waals surface area contributed by atoms with E-state index in [-0.39, 0.29) is 15.5 Å². The summed E-state index contributed by atoms with van der Waals surface area (Å²) in [5, 5.41) is 2.90. The van der Waals surface area contributed by atoms with Gasteiger partial charge in [-0.05, 0) is 59.0 Å². The zero-order valence-corrected chi connectivity index (χ0v) is 14.7. The first-order chi connectivity index (χ1) is 9.77. The minimum absolute atomic E-state index is 0.0553. The van der Waals surface area contributed by atoms with Crippen molar-refractivity contribution in [2.45, 2.75) is 4.90 Å². The Kier molecular flexibility index (Phi) is 4.90. The fourth-order valence-corrected chi connectivity index (χ4v) is 3.07. The third-order valence-electron chi connectivity index (χ3n) is 2.69. The summed E-state index contributed by atoms with van der Waals surface area (Å²) in [4.78, 5) is 12.3. The van der Waals surface area contributed by atoms with Crippen molar-refractivity contribution in [3.05, 3.63) is 56.6 Å². The van der Waals surface area contributed by atoms with Gasteiger partial charge in [-0.1, -0.05) is 17.7 Å². The van der Waals surface area contributed by atoms with Gasteiger partial charge < -0.3 is 5.32 Å².